The maximum Gasteiger partial charge on any atom is 0.326 e. The summed E-state index contributed by atoms with van der Waals surface area (Å²) in [5.74, 6) is -1.94. The van der Waals surface area contributed by atoms with Crippen LogP contribution in [0.1, 0.15) is 39.0 Å². The molecular weight excluding hydrogens is 264 g/mol. The van der Waals surface area contributed by atoms with Gasteiger partial charge in [0.15, 0.2) is 0 Å². The van der Waals surface area contributed by atoms with Crippen molar-refractivity contribution in [3.8, 4) is 0 Å². The average molecular weight is 286 g/mol. The van der Waals surface area contributed by atoms with E-state index in [1.165, 1.54) is 7.11 Å². The Morgan fingerprint density at radius 2 is 2.00 bits per heavy atom. The molecule has 7 nitrogen and oxygen atoms in total. The zero-order chi connectivity index (χ0) is 15.2. The molecule has 20 heavy (non-hydrogen) atoms. The first kappa shape index (κ1) is 16.3. The molecule has 7 heteroatoms. The van der Waals surface area contributed by atoms with Gasteiger partial charge in [0.2, 0.25) is 0 Å². The molecule has 1 fully saturated rings. The zero-order valence-corrected chi connectivity index (χ0v) is 11.9. The predicted molar refractivity (Wildman–Crippen MR) is 71.2 cm³/mol. The molecule has 0 radical (unpaired) electrons. The third-order valence-corrected chi connectivity index (χ3v) is 3.99. The van der Waals surface area contributed by atoms with Gasteiger partial charge >= 0.3 is 18.0 Å². The van der Waals surface area contributed by atoms with Crippen molar-refractivity contribution < 1.29 is 24.2 Å². The molecule has 0 unspecified atom stereocenters. The smallest absolute Gasteiger partial charge is 0.326 e. The van der Waals surface area contributed by atoms with Crippen LogP contribution in [0.3, 0.4) is 0 Å². The molecule has 114 valence electrons. The number of hydrogen-bond acceptors (Lipinski definition) is 4. The molecule has 0 saturated heterocycles. The summed E-state index contributed by atoms with van der Waals surface area (Å²) in [4.78, 5) is 33.7. The van der Waals surface area contributed by atoms with Crippen LogP contribution in [0.4, 0.5) is 4.79 Å². The molecular formula is C13H22N2O5. The van der Waals surface area contributed by atoms with Gasteiger partial charge in [-0.3, -0.25) is 4.79 Å². The Kier molecular flexibility index (Phi) is 5.79. The van der Waals surface area contributed by atoms with E-state index >= 15 is 0 Å². The van der Waals surface area contributed by atoms with Gasteiger partial charge in [-0.1, -0.05) is 13.3 Å². The van der Waals surface area contributed by atoms with E-state index in [1.54, 1.807) is 0 Å². The Labute approximate surface area is 118 Å². The van der Waals surface area contributed by atoms with E-state index in [9.17, 15) is 14.4 Å². The number of esters is 1. The van der Waals surface area contributed by atoms with Crippen LogP contribution in [0.15, 0.2) is 0 Å². The van der Waals surface area contributed by atoms with Gasteiger partial charge in [-0.2, -0.15) is 0 Å². The fraction of sp³-hybridized carbons (Fsp3) is 0.769. The zero-order valence-electron chi connectivity index (χ0n) is 11.9. The fourth-order valence-electron chi connectivity index (χ4n) is 2.26. The molecule has 0 spiro atoms. The lowest BCUT2D eigenvalue weighted by Crippen LogP contribution is -2.50. The van der Waals surface area contributed by atoms with E-state index in [-0.39, 0.29) is 5.41 Å². The Bertz CT molecular complexity index is 373. The molecule has 1 atom stereocenters. The molecule has 0 aromatic heterocycles. The van der Waals surface area contributed by atoms with Gasteiger partial charge in [-0.25, -0.2) is 9.59 Å². The summed E-state index contributed by atoms with van der Waals surface area (Å²) < 4.78 is 4.40. The molecule has 3 N–H and O–H groups in total. The summed E-state index contributed by atoms with van der Waals surface area (Å²) in [6.45, 7) is 2.61. The number of rotatable bonds is 7. The summed E-state index contributed by atoms with van der Waals surface area (Å²) in [6, 6.07) is -1.84. The van der Waals surface area contributed by atoms with Gasteiger partial charge in [0.25, 0.3) is 0 Å². The lowest BCUT2D eigenvalue weighted by molar-refractivity contribution is -0.147. The molecule has 0 bridgehead atoms. The SMILES string of the molecule is CCC1(CNC(=O)N[C@@H](CC(=O)OC)C(=O)O)CCC1. The van der Waals surface area contributed by atoms with E-state index in [1.807, 2.05) is 0 Å². The molecule has 1 saturated carbocycles. The van der Waals surface area contributed by atoms with Gasteiger partial charge in [-0.05, 0) is 24.7 Å². The first-order valence-corrected chi connectivity index (χ1v) is 6.76. The second kappa shape index (κ2) is 7.12. The van der Waals surface area contributed by atoms with Crippen LogP contribution in [-0.4, -0.2) is 42.8 Å². The Balaban J connectivity index is 2.41. The highest BCUT2D eigenvalue weighted by Gasteiger charge is 2.35. The van der Waals surface area contributed by atoms with Crippen molar-refractivity contribution in [3.05, 3.63) is 0 Å². The fourth-order valence-corrected chi connectivity index (χ4v) is 2.26. The number of hydrogen-bond donors (Lipinski definition) is 3. The number of carboxylic acids is 1. The number of aliphatic carboxylic acids is 1. The van der Waals surface area contributed by atoms with E-state index in [0.717, 1.165) is 25.7 Å². The topological polar surface area (TPSA) is 105 Å². The minimum absolute atomic E-state index is 0.151. The van der Waals surface area contributed by atoms with Gasteiger partial charge in [0, 0.05) is 6.54 Å². The van der Waals surface area contributed by atoms with Crippen LogP contribution in [0.25, 0.3) is 0 Å². The van der Waals surface area contributed by atoms with Crippen molar-refractivity contribution >= 4 is 18.0 Å². The van der Waals surface area contributed by atoms with E-state index in [0.29, 0.717) is 6.54 Å². The first-order valence-electron chi connectivity index (χ1n) is 6.76. The summed E-state index contributed by atoms with van der Waals surface area (Å²) in [5, 5.41) is 13.9. The second-order valence-corrected chi connectivity index (χ2v) is 5.21. The van der Waals surface area contributed by atoms with Gasteiger partial charge < -0.3 is 20.5 Å². The molecule has 2 amide bonds. The molecule has 0 aromatic carbocycles. The van der Waals surface area contributed by atoms with E-state index in [4.69, 9.17) is 5.11 Å². The van der Waals surface area contributed by atoms with E-state index in [2.05, 4.69) is 22.3 Å². The number of carbonyl (C=O) groups excluding carboxylic acids is 2. The summed E-state index contributed by atoms with van der Waals surface area (Å²) in [5.41, 5.74) is 0.151. The van der Waals surface area contributed by atoms with Gasteiger partial charge in [0.1, 0.15) is 6.04 Å². The lowest BCUT2D eigenvalue weighted by atomic mass is 9.67. The number of carbonyl (C=O) groups is 3. The number of methoxy groups -OCH3 is 1. The second-order valence-electron chi connectivity index (χ2n) is 5.21. The van der Waals surface area contributed by atoms with Gasteiger partial charge in [0.05, 0.1) is 13.5 Å². The van der Waals surface area contributed by atoms with Crippen molar-refractivity contribution in [1.82, 2.24) is 10.6 Å². The standard InChI is InChI=1S/C13H22N2O5/c1-3-13(5-4-6-13)8-14-12(19)15-9(11(17)18)7-10(16)20-2/h9H,3-8H2,1-2H3,(H,17,18)(H2,14,15,19)/t9-/m0/s1. The van der Waals surface area contributed by atoms with Crippen molar-refractivity contribution in [2.75, 3.05) is 13.7 Å². The quantitative estimate of drug-likeness (QED) is 0.603. The largest absolute Gasteiger partial charge is 0.480 e. The highest BCUT2D eigenvalue weighted by molar-refractivity contribution is 5.86. The Morgan fingerprint density at radius 3 is 2.40 bits per heavy atom. The molecule has 0 heterocycles. The van der Waals surface area contributed by atoms with Crippen LogP contribution < -0.4 is 10.6 Å². The summed E-state index contributed by atoms with van der Waals surface area (Å²) >= 11 is 0. The summed E-state index contributed by atoms with van der Waals surface area (Å²) in [7, 11) is 1.17. The Hall–Kier alpha value is -1.79. The number of urea groups is 1. The molecule has 1 rings (SSSR count). The number of ether oxygens (including phenoxy) is 1. The third kappa shape index (κ3) is 4.40. The van der Waals surface area contributed by atoms with Crippen molar-refractivity contribution in [2.45, 2.75) is 45.1 Å². The molecule has 0 aliphatic heterocycles. The van der Waals surface area contributed by atoms with Crippen molar-refractivity contribution in [1.29, 1.82) is 0 Å². The number of amides is 2. The van der Waals surface area contributed by atoms with Crippen LogP contribution >= 0.6 is 0 Å². The minimum Gasteiger partial charge on any atom is -0.480 e. The first-order chi connectivity index (χ1) is 9.42. The number of nitrogens with one attached hydrogen (secondary N) is 2. The monoisotopic (exact) mass is 286 g/mol. The normalized spacial score (nSPS) is 17.5. The van der Waals surface area contributed by atoms with Gasteiger partial charge in [-0.15, -0.1) is 0 Å². The average Bonchev–Trinajstić information content (AvgIpc) is 2.36. The van der Waals surface area contributed by atoms with Crippen molar-refractivity contribution in [3.63, 3.8) is 0 Å². The van der Waals surface area contributed by atoms with Crippen molar-refractivity contribution in [2.24, 2.45) is 5.41 Å². The highest BCUT2D eigenvalue weighted by atomic mass is 16.5. The van der Waals surface area contributed by atoms with E-state index < -0.39 is 30.4 Å². The summed E-state index contributed by atoms with van der Waals surface area (Å²) in [6.07, 6.45) is 3.91. The Morgan fingerprint density at radius 1 is 1.35 bits per heavy atom. The molecule has 1 aliphatic rings. The molecule has 1 aliphatic carbocycles. The highest BCUT2D eigenvalue weighted by Crippen LogP contribution is 2.42. The maximum atomic E-state index is 11.7. The minimum atomic E-state index is -1.28. The van der Waals surface area contributed by atoms with Crippen LogP contribution in [0.2, 0.25) is 0 Å². The lowest BCUT2D eigenvalue weighted by Gasteiger charge is -2.41. The third-order valence-electron chi connectivity index (χ3n) is 3.99. The van der Waals surface area contributed by atoms with Crippen LogP contribution in [0.5, 0.6) is 0 Å². The molecule has 0 aromatic rings. The predicted octanol–water partition coefficient (Wildman–Crippen LogP) is 0.882. The van der Waals surface area contributed by atoms with Crippen LogP contribution in [-0.2, 0) is 14.3 Å². The maximum absolute atomic E-state index is 11.7. The number of carboxylic acid groups (broad SMARTS) is 1. The van der Waals surface area contributed by atoms with Crippen LogP contribution in [0, 0.1) is 5.41 Å².